The number of hydrogen-bond donors (Lipinski definition) is 2. The normalized spacial score (nSPS) is 19.3. The molecular weight excluding hydrogens is 390 g/mol. The Hall–Kier alpha value is -1.96. The van der Waals surface area contributed by atoms with Crippen molar-refractivity contribution in [1.29, 1.82) is 0 Å². The van der Waals surface area contributed by atoms with Gasteiger partial charge in [-0.05, 0) is 38.0 Å². The second kappa shape index (κ2) is 9.69. The summed E-state index contributed by atoms with van der Waals surface area (Å²) in [5.41, 5.74) is 2.22. The van der Waals surface area contributed by atoms with Gasteiger partial charge in [-0.1, -0.05) is 25.3 Å². The van der Waals surface area contributed by atoms with Gasteiger partial charge in [0.2, 0.25) is 0 Å². The van der Waals surface area contributed by atoms with Crippen molar-refractivity contribution in [3.05, 3.63) is 30.0 Å². The van der Waals surface area contributed by atoms with Crippen LogP contribution in [0.5, 0.6) is 0 Å². The Morgan fingerprint density at radius 2 is 1.93 bits per heavy atom. The van der Waals surface area contributed by atoms with Gasteiger partial charge in [0.15, 0.2) is 0 Å². The zero-order chi connectivity index (χ0) is 19.4. The average Bonchev–Trinajstić information content (AvgIpc) is 2.70. The Morgan fingerprint density at radius 1 is 1.17 bits per heavy atom. The van der Waals surface area contributed by atoms with Gasteiger partial charge in [0.05, 0.1) is 35.7 Å². The molecule has 2 heterocycles. The minimum absolute atomic E-state index is 0. The molecule has 1 saturated carbocycles. The molecule has 1 aromatic carbocycles. The van der Waals surface area contributed by atoms with Crippen molar-refractivity contribution in [3.8, 4) is 0 Å². The lowest BCUT2D eigenvalue weighted by atomic mass is 9.81. The number of nitrogens with one attached hydrogen (secondary N) is 2. The molecule has 0 unspecified atom stereocenters. The molecule has 29 heavy (non-hydrogen) atoms. The minimum Gasteiger partial charge on any atom is -0.379 e. The van der Waals surface area contributed by atoms with Gasteiger partial charge in [0, 0.05) is 25.0 Å². The van der Waals surface area contributed by atoms with Gasteiger partial charge in [-0.2, -0.15) is 10.2 Å². The number of rotatable bonds is 4. The predicted octanol–water partition coefficient (Wildman–Crippen LogP) is 3.52. The van der Waals surface area contributed by atoms with Crippen LogP contribution in [0.4, 0.5) is 10.5 Å². The highest BCUT2D eigenvalue weighted by Crippen LogP contribution is 2.30. The van der Waals surface area contributed by atoms with Gasteiger partial charge in [0.25, 0.3) is 0 Å². The fraction of sp³-hybridized carbons (Fsp3) is 0.571. The number of nitrogens with zero attached hydrogens (tertiary/aromatic N) is 3. The molecule has 0 radical (unpaired) electrons. The van der Waals surface area contributed by atoms with E-state index in [4.69, 9.17) is 4.74 Å². The molecule has 8 heteroatoms. The number of hydrogen-bond acceptors (Lipinski definition) is 5. The van der Waals surface area contributed by atoms with Crippen molar-refractivity contribution in [1.82, 2.24) is 20.4 Å². The van der Waals surface area contributed by atoms with Crippen molar-refractivity contribution >= 4 is 35.0 Å². The topological polar surface area (TPSA) is 79.4 Å². The number of amides is 2. The third-order valence-electron chi connectivity index (χ3n) is 5.82. The molecule has 0 spiro atoms. The number of carbonyl (C=O) groups excluding carboxylic acids is 1. The quantitative estimate of drug-likeness (QED) is 0.792. The molecule has 2 aromatic rings. The van der Waals surface area contributed by atoms with Crippen molar-refractivity contribution in [2.24, 2.45) is 0 Å². The van der Waals surface area contributed by atoms with E-state index >= 15 is 0 Å². The second-order valence-corrected chi connectivity index (χ2v) is 8.03. The largest absolute Gasteiger partial charge is 0.379 e. The number of morpholine rings is 1. The molecule has 2 amide bonds. The highest BCUT2D eigenvalue weighted by Gasteiger charge is 2.35. The van der Waals surface area contributed by atoms with E-state index in [9.17, 15) is 4.79 Å². The van der Waals surface area contributed by atoms with E-state index in [1.807, 2.05) is 31.2 Å². The summed E-state index contributed by atoms with van der Waals surface area (Å²) < 4.78 is 5.48. The molecule has 2 aliphatic rings. The van der Waals surface area contributed by atoms with E-state index in [2.05, 4.69) is 25.7 Å². The molecule has 158 valence electrons. The van der Waals surface area contributed by atoms with Crippen LogP contribution in [0.3, 0.4) is 0 Å². The summed E-state index contributed by atoms with van der Waals surface area (Å²) >= 11 is 0. The summed E-state index contributed by atoms with van der Waals surface area (Å²) in [4.78, 5) is 15.4. The number of urea groups is 1. The molecule has 0 bridgehead atoms. The monoisotopic (exact) mass is 419 g/mol. The van der Waals surface area contributed by atoms with Crippen LogP contribution in [0.2, 0.25) is 0 Å². The number of aryl methyl sites for hydroxylation is 1. The van der Waals surface area contributed by atoms with E-state index in [-0.39, 0.29) is 24.0 Å². The third-order valence-corrected chi connectivity index (χ3v) is 5.82. The number of benzene rings is 1. The Bertz CT molecular complexity index is 835. The number of ether oxygens (including phenoxy) is 1. The first-order valence-corrected chi connectivity index (χ1v) is 10.3. The van der Waals surface area contributed by atoms with Crippen molar-refractivity contribution in [2.75, 3.05) is 38.2 Å². The van der Waals surface area contributed by atoms with Crippen molar-refractivity contribution in [3.63, 3.8) is 0 Å². The van der Waals surface area contributed by atoms with Crippen molar-refractivity contribution in [2.45, 2.75) is 44.6 Å². The molecule has 0 atom stereocenters. The second-order valence-electron chi connectivity index (χ2n) is 8.03. The lowest BCUT2D eigenvalue weighted by Gasteiger charge is -2.42. The van der Waals surface area contributed by atoms with Gasteiger partial charge < -0.3 is 15.4 Å². The fourth-order valence-corrected chi connectivity index (χ4v) is 4.40. The number of carbonyl (C=O) groups is 1. The van der Waals surface area contributed by atoms with Crippen LogP contribution in [0.15, 0.2) is 24.3 Å². The Balaban J connectivity index is 0.00000240. The first-order chi connectivity index (χ1) is 13.6. The number of fused-ring (bicyclic) bond motifs is 1. The summed E-state index contributed by atoms with van der Waals surface area (Å²) in [5, 5.41) is 15.6. The van der Waals surface area contributed by atoms with Crippen LogP contribution < -0.4 is 10.6 Å². The average molecular weight is 420 g/mol. The number of halogens is 1. The maximum atomic E-state index is 13.0. The summed E-state index contributed by atoms with van der Waals surface area (Å²) in [6.45, 7) is 6.22. The molecule has 1 aromatic heterocycles. The minimum atomic E-state index is -0.167. The van der Waals surface area contributed by atoms with E-state index in [1.165, 1.54) is 6.42 Å². The predicted molar refractivity (Wildman–Crippen MR) is 117 cm³/mol. The lowest BCUT2D eigenvalue weighted by Crippen LogP contribution is -2.58. The van der Waals surface area contributed by atoms with E-state index in [1.54, 1.807) is 0 Å². The van der Waals surface area contributed by atoms with E-state index < -0.39 is 0 Å². The highest BCUT2D eigenvalue weighted by molar-refractivity contribution is 6.00. The first kappa shape index (κ1) is 21.7. The molecule has 1 aliphatic carbocycles. The van der Waals surface area contributed by atoms with Crippen LogP contribution in [-0.4, -0.2) is 59.5 Å². The van der Waals surface area contributed by atoms with Crippen LogP contribution in [-0.2, 0) is 4.74 Å². The molecule has 2 fully saturated rings. The summed E-state index contributed by atoms with van der Waals surface area (Å²) in [6, 6.07) is 7.54. The number of aromatic nitrogens is 2. The molecule has 1 saturated heterocycles. The van der Waals surface area contributed by atoms with Gasteiger partial charge in [-0.25, -0.2) is 4.79 Å². The van der Waals surface area contributed by atoms with Crippen LogP contribution in [0.25, 0.3) is 10.9 Å². The lowest BCUT2D eigenvalue weighted by molar-refractivity contribution is 0.0201. The van der Waals surface area contributed by atoms with E-state index in [0.717, 1.165) is 80.8 Å². The molecule has 7 nitrogen and oxygen atoms in total. The Labute approximate surface area is 178 Å². The third kappa shape index (κ3) is 5.35. The SMILES string of the molecule is Cc1cc2c(NC(=O)NC3(CN4CCOCC4)CCCCC3)cccc2nn1.Cl. The number of anilines is 1. The Kier molecular flexibility index (Phi) is 7.27. The summed E-state index contributed by atoms with van der Waals surface area (Å²) in [7, 11) is 0. The van der Waals surface area contributed by atoms with Gasteiger partial charge in [-0.3, -0.25) is 4.90 Å². The first-order valence-electron chi connectivity index (χ1n) is 10.3. The molecule has 2 N–H and O–H groups in total. The summed E-state index contributed by atoms with van der Waals surface area (Å²) in [5.74, 6) is 0. The van der Waals surface area contributed by atoms with Gasteiger partial charge in [0.1, 0.15) is 0 Å². The van der Waals surface area contributed by atoms with Gasteiger partial charge in [-0.15, -0.1) is 12.4 Å². The van der Waals surface area contributed by atoms with Gasteiger partial charge >= 0.3 is 6.03 Å². The maximum Gasteiger partial charge on any atom is 0.319 e. The van der Waals surface area contributed by atoms with Crippen molar-refractivity contribution < 1.29 is 9.53 Å². The van der Waals surface area contributed by atoms with E-state index in [0.29, 0.717) is 0 Å². The summed E-state index contributed by atoms with van der Waals surface area (Å²) in [6.07, 6.45) is 5.62. The Morgan fingerprint density at radius 3 is 2.69 bits per heavy atom. The molecule has 1 aliphatic heterocycles. The zero-order valence-corrected chi connectivity index (χ0v) is 17.8. The zero-order valence-electron chi connectivity index (χ0n) is 16.9. The maximum absolute atomic E-state index is 13.0. The van der Waals surface area contributed by atoms with Crippen LogP contribution >= 0.6 is 12.4 Å². The molecule has 4 rings (SSSR count). The highest BCUT2D eigenvalue weighted by atomic mass is 35.5. The molecular formula is C21H30ClN5O2. The standard InChI is InChI=1S/C21H29N5O2.ClH/c1-16-14-17-18(6-5-7-19(17)25-24-16)22-20(27)23-21(8-3-2-4-9-21)15-26-10-12-28-13-11-26;/h5-7,14H,2-4,8-13,15H2,1H3,(H2,22,23,27);1H. The van der Waals surface area contributed by atoms with Crippen LogP contribution in [0, 0.1) is 6.92 Å². The van der Waals surface area contributed by atoms with Crippen LogP contribution in [0.1, 0.15) is 37.8 Å². The smallest absolute Gasteiger partial charge is 0.319 e. The fourth-order valence-electron chi connectivity index (χ4n) is 4.40.